The minimum absolute atomic E-state index is 0.0517. The van der Waals surface area contributed by atoms with Gasteiger partial charge in [-0.1, -0.05) is 13.8 Å². The molecule has 0 rings (SSSR count). The van der Waals surface area contributed by atoms with E-state index in [4.69, 9.17) is 9.84 Å². The second kappa shape index (κ2) is 8.44. The fraction of sp³-hybridized carbons (Fsp3) is 0.917. The van der Waals surface area contributed by atoms with Crippen LogP contribution in [-0.2, 0) is 9.53 Å². The highest BCUT2D eigenvalue weighted by Gasteiger charge is 2.23. The van der Waals surface area contributed by atoms with Crippen LogP contribution in [0.1, 0.15) is 34.1 Å². The third-order valence-corrected chi connectivity index (χ3v) is 2.69. The molecule has 17 heavy (non-hydrogen) atoms. The first-order chi connectivity index (χ1) is 7.88. The fourth-order valence-corrected chi connectivity index (χ4v) is 1.52. The summed E-state index contributed by atoms with van der Waals surface area (Å²) in [6.45, 7) is 7.29. The summed E-state index contributed by atoms with van der Waals surface area (Å²) in [7, 11) is 0. The van der Waals surface area contributed by atoms with Crippen LogP contribution in [0.25, 0.3) is 0 Å². The molecule has 0 aliphatic heterocycles. The van der Waals surface area contributed by atoms with Gasteiger partial charge in [0.2, 0.25) is 5.91 Å². The van der Waals surface area contributed by atoms with Gasteiger partial charge in [0, 0.05) is 6.92 Å². The summed E-state index contributed by atoms with van der Waals surface area (Å²) in [5, 5.41) is 21.3. The summed E-state index contributed by atoms with van der Waals surface area (Å²) in [5.74, 6) is -0.0123. The number of aliphatic hydroxyl groups is 2. The molecule has 3 atom stereocenters. The van der Waals surface area contributed by atoms with Gasteiger partial charge in [0.1, 0.15) is 0 Å². The lowest BCUT2D eigenvalue weighted by atomic mass is 9.97. The van der Waals surface area contributed by atoms with Crippen molar-refractivity contribution in [3.63, 3.8) is 0 Å². The first-order valence-electron chi connectivity index (χ1n) is 6.06. The zero-order valence-electron chi connectivity index (χ0n) is 11.1. The maximum Gasteiger partial charge on any atom is 0.217 e. The van der Waals surface area contributed by atoms with E-state index in [-0.39, 0.29) is 37.2 Å². The molecule has 102 valence electrons. The number of amides is 1. The molecular weight excluding hydrogens is 222 g/mol. The topological polar surface area (TPSA) is 78.8 Å². The molecule has 0 radical (unpaired) electrons. The average Bonchev–Trinajstić information content (AvgIpc) is 2.23. The lowest BCUT2D eigenvalue weighted by Crippen LogP contribution is -2.45. The molecule has 0 aromatic rings. The van der Waals surface area contributed by atoms with E-state index < -0.39 is 6.10 Å². The van der Waals surface area contributed by atoms with E-state index in [1.54, 1.807) is 0 Å². The van der Waals surface area contributed by atoms with Gasteiger partial charge in [-0.2, -0.15) is 0 Å². The van der Waals surface area contributed by atoms with Gasteiger partial charge in [-0.05, 0) is 19.3 Å². The highest BCUT2D eigenvalue weighted by atomic mass is 16.5. The Kier molecular flexibility index (Phi) is 8.12. The molecule has 3 N–H and O–H groups in total. The van der Waals surface area contributed by atoms with Gasteiger partial charge in [0.05, 0.1) is 31.5 Å². The Bertz CT molecular complexity index is 221. The highest BCUT2D eigenvalue weighted by molar-refractivity contribution is 5.73. The van der Waals surface area contributed by atoms with Crippen molar-refractivity contribution in [1.82, 2.24) is 5.32 Å². The normalized spacial score (nSPS) is 16.6. The third kappa shape index (κ3) is 7.31. The van der Waals surface area contributed by atoms with Gasteiger partial charge in [-0.3, -0.25) is 4.79 Å². The molecule has 0 aliphatic carbocycles. The molecule has 0 aromatic heterocycles. The Balaban J connectivity index is 4.35. The molecule has 0 bridgehead atoms. The van der Waals surface area contributed by atoms with Crippen LogP contribution in [0.5, 0.6) is 0 Å². The largest absolute Gasteiger partial charge is 0.394 e. The van der Waals surface area contributed by atoms with Crippen LogP contribution in [0.3, 0.4) is 0 Å². The molecule has 0 aromatic carbocycles. The van der Waals surface area contributed by atoms with Crippen molar-refractivity contribution in [3.8, 4) is 0 Å². The first-order valence-corrected chi connectivity index (χ1v) is 6.06. The van der Waals surface area contributed by atoms with Crippen LogP contribution in [0.4, 0.5) is 0 Å². The van der Waals surface area contributed by atoms with E-state index in [1.165, 1.54) is 6.92 Å². The van der Waals surface area contributed by atoms with Crippen LogP contribution in [0.15, 0.2) is 0 Å². The van der Waals surface area contributed by atoms with Crippen molar-refractivity contribution in [2.75, 3.05) is 13.2 Å². The molecule has 5 nitrogen and oxygen atoms in total. The van der Waals surface area contributed by atoms with Crippen molar-refractivity contribution in [2.24, 2.45) is 5.92 Å². The Morgan fingerprint density at radius 2 is 1.94 bits per heavy atom. The number of nitrogens with one attached hydrogen (secondary N) is 1. The molecular formula is C12H25NO4. The average molecular weight is 247 g/mol. The molecule has 5 heteroatoms. The van der Waals surface area contributed by atoms with Crippen LogP contribution in [0.2, 0.25) is 0 Å². The van der Waals surface area contributed by atoms with Gasteiger partial charge >= 0.3 is 0 Å². The molecule has 0 fully saturated rings. The Hall–Kier alpha value is -0.650. The monoisotopic (exact) mass is 247 g/mol. The number of aliphatic hydroxyl groups excluding tert-OH is 2. The van der Waals surface area contributed by atoms with Gasteiger partial charge in [0.25, 0.3) is 0 Å². The van der Waals surface area contributed by atoms with Crippen molar-refractivity contribution in [3.05, 3.63) is 0 Å². The van der Waals surface area contributed by atoms with E-state index in [1.807, 2.05) is 20.8 Å². The molecule has 0 aliphatic rings. The predicted molar refractivity (Wildman–Crippen MR) is 65.6 cm³/mol. The molecule has 0 spiro atoms. The zero-order valence-corrected chi connectivity index (χ0v) is 11.1. The van der Waals surface area contributed by atoms with E-state index in [0.717, 1.165) is 0 Å². The second-order valence-corrected chi connectivity index (χ2v) is 4.65. The lowest BCUT2D eigenvalue weighted by molar-refractivity contribution is -0.121. The molecule has 1 amide bonds. The maximum atomic E-state index is 11.1. The Labute approximate surface area is 103 Å². The van der Waals surface area contributed by atoms with Crippen molar-refractivity contribution in [2.45, 2.75) is 52.4 Å². The first kappa shape index (κ1) is 16.4. The maximum absolute atomic E-state index is 11.1. The summed E-state index contributed by atoms with van der Waals surface area (Å²) in [6.07, 6.45) is -0.268. The summed E-state index contributed by atoms with van der Waals surface area (Å²) in [4.78, 5) is 11.1. The van der Waals surface area contributed by atoms with Crippen molar-refractivity contribution < 1.29 is 19.7 Å². The lowest BCUT2D eigenvalue weighted by Gasteiger charge is -2.28. The van der Waals surface area contributed by atoms with E-state index in [0.29, 0.717) is 6.42 Å². The van der Waals surface area contributed by atoms with Gasteiger partial charge in [-0.25, -0.2) is 0 Å². The van der Waals surface area contributed by atoms with Crippen LogP contribution in [-0.4, -0.2) is 47.6 Å². The number of hydrogen-bond donors (Lipinski definition) is 3. The molecule has 0 saturated heterocycles. The van der Waals surface area contributed by atoms with Crippen molar-refractivity contribution >= 4 is 5.91 Å². The highest BCUT2D eigenvalue weighted by Crippen LogP contribution is 2.12. The van der Waals surface area contributed by atoms with Crippen LogP contribution >= 0.6 is 0 Å². The summed E-state index contributed by atoms with van der Waals surface area (Å²) in [5.41, 5.74) is 0. The smallest absolute Gasteiger partial charge is 0.217 e. The van der Waals surface area contributed by atoms with Crippen LogP contribution < -0.4 is 5.32 Å². The summed E-state index contributed by atoms with van der Waals surface area (Å²) >= 11 is 0. The molecule has 0 saturated carbocycles. The van der Waals surface area contributed by atoms with E-state index in [9.17, 15) is 9.90 Å². The molecule has 1 unspecified atom stereocenters. The SMILES string of the molecule is CC(=O)NC(C[C@H](O)C(C)C)[C@H](C)OCCO. The fourth-order valence-electron chi connectivity index (χ4n) is 1.52. The Morgan fingerprint density at radius 3 is 2.35 bits per heavy atom. The van der Waals surface area contributed by atoms with Gasteiger partial charge < -0.3 is 20.3 Å². The molecule has 0 heterocycles. The minimum atomic E-state index is -0.480. The number of carbonyl (C=O) groups excluding carboxylic acids is 1. The standard InChI is InChI=1S/C12H25NO4/c1-8(2)12(16)7-11(13-10(4)15)9(3)17-6-5-14/h8-9,11-12,14,16H,5-7H2,1-4H3,(H,13,15)/t9-,11?,12-/m0/s1. The van der Waals surface area contributed by atoms with E-state index in [2.05, 4.69) is 5.32 Å². The number of carbonyl (C=O) groups is 1. The predicted octanol–water partition coefficient (Wildman–Crippen LogP) is 0.295. The quantitative estimate of drug-likeness (QED) is 0.576. The second-order valence-electron chi connectivity index (χ2n) is 4.65. The van der Waals surface area contributed by atoms with Crippen LogP contribution in [0, 0.1) is 5.92 Å². The number of ether oxygens (including phenoxy) is 1. The van der Waals surface area contributed by atoms with Gasteiger partial charge in [-0.15, -0.1) is 0 Å². The number of hydrogen-bond acceptors (Lipinski definition) is 4. The Morgan fingerprint density at radius 1 is 1.35 bits per heavy atom. The number of rotatable bonds is 8. The summed E-state index contributed by atoms with van der Waals surface area (Å²) < 4.78 is 5.36. The third-order valence-electron chi connectivity index (χ3n) is 2.69. The summed E-state index contributed by atoms with van der Waals surface area (Å²) in [6, 6.07) is -0.239. The van der Waals surface area contributed by atoms with E-state index >= 15 is 0 Å². The van der Waals surface area contributed by atoms with Crippen molar-refractivity contribution in [1.29, 1.82) is 0 Å². The van der Waals surface area contributed by atoms with Gasteiger partial charge in [0.15, 0.2) is 0 Å². The zero-order chi connectivity index (χ0) is 13.4. The minimum Gasteiger partial charge on any atom is -0.394 e.